The smallest absolute Gasteiger partial charge is 0.334 e. The van der Waals surface area contributed by atoms with Gasteiger partial charge in [0.2, 0.25) is 0 Å². The van der Waals surface area contributed by atoms with E-state index in [0.717, 1.165) is 25.9 Å². The van der Waals surface area contributed by atoms with Crippen LogP contribution in [0.2, 0.25) is 0 Å². The molecule has 0 bridgehead atoms. The molecule has 2 rings (SSSR count). The average molecular weight is 225 g/mol. The Balaban J connectivity index is 1.97. The van der Waals surface area contributed by atoms with Gasteiger partial charge < -0.3 is 9.64 Å². The zero-order valence-electron chi connectivity index (χ0n) is 9.25. The lowest BCUT2D eigenvalue weighted by Crippen LogP contribution is -2.24. The van der Waals surface area contributed by atoms with E-state index in [-0.39, 0.29) is 11.8 Å². The third kappa shape index (κ3) is 2.84. The number of allylic oxidation sites excluding steroid dienone is 2. The van der Waals surface area contributed by atoms with Gasteiger partial charge in [0.05, 0.1) is 6.61 Å². The van der Waals surface area contributed by atoms with Gasteiger partial charge in [0.15, 0.2) is 0 Å². The van der Waals surface area contributed by atoms with Gasteiger partial charge in [-0.2, -0.15) is 0 Å². The Bertz CT molecular complexity index is 330. The molecule has 2 fully saturated rings. The van der Waals surface area contributed by atoms with Gasteiger partial charge in [-0.25, -0.2) is 9.18 Å². The molecular weight excluding hydrogens is 209 g/mol. The van der Waals surface area contributed by atoms with Gasteiger partial charge in [-0.1, -0.05) is 0 Å². The van der Waals surface area contributed by atoms with Crippen LogP contribution in [0.25, 0.3) is 0 Å². The number of carbonyl (C=O) groups is 1. The van der Waals surface area contributed by atoms with Gasteiger partial charge >= 0.3 is 5.97 Å². The van der Waals surface area contributed by atoms with Gasteiger partial charge in [-0.05, 0) is 25.3 Å². The molecule has 0 aromatic rings. The predicted molar refractivity (Wildman–Crippen MR) is 58.3 cm³/mol. The molecule has 2 heterocycles. The van der Waals surface area contributed by atoms with Crippen LogP contribution in [-0.2, 0) is 9.53 Å². The van der Waals surface area contributed by atoms with Crippen LogP contribution in [-0.4, -0.2) is 30.6 Å². The second-order valence-corrected chi connectivity index (χ2v) is 4.17. The summed E-state index contributed by atoms with van der Waals surface area (Å²) in [7, 11) is 0. The van der Waals surface area contributed by atoms with Crippen molar-refractivity contribution in [3.05, 3.63) is 23.7 Å². The van der Waals surface area contributed by atoms with E-state index in [9.17, 15) is 9.18 Å². The number of cyclic esters (lactones) is 1. The highest BCUT2D eigenvalue weighted by Gasteiger charge is 2.19. The van der Waals surface area contributed by atoms with E-state index in [0.29, 0.717) is 18.6 Å². The van der Waals surface area contributed by atoms with E-state index in [4.69, 9.17) is 4.74 Å². The fraction of sp³-hybridized carbons (Fsp3) is 0.583. The lowest BCUT2D eigenvalue weighted by molar-refractivity contribution is -0.135. The van der Waals surface area contributed by atoms with E-state index >= 15 is 0 Å². The summed E-state index contributed by atoms with van der Waals surface area (Å²) in [5.74, 6) is -0.738. The molecular formula is C12H16FNO2. The van der Waals surface area contributed by atoms with Crippen LogP contribution in [0.5, 0.6) is 0 Å². The number of hydrogen-bond acceptors (Lipinski definition) is 3. The number of nitrogens with zero attached hydrogens (tertiary/aromatic N) is 1. The molecule has 0 aromatic heterocycles. The van der Waals surface area contributed by atoms with Crippen LogP contribution in [0.15, 0.2) is 23.7 Å². The van der Waals surface area contributed by atoms with Gasteiger partial charge in [0.1, 0.15) is 5.83 Å². The average Bonchev–Trinajstić information content (AvgIpc) is 2.66. The van der Waals surface area contributed by atoms with Crippen LogP contribution in [0, 0.1) is 0 Å². The first-order chi connectivity index (χ1) is 7.75. The summed E-state index contributed by atoms with van der Waals surface area (Å²) < 4.78 is 18.3. The fourth-order valence-electron chi connectivity index (χ4n) is 2.01. The number of ether oxygens (including phenoxy) is 1. The first kappa shape index (κ1) is 11.2. The van der Waals surface area contributed by atoms with Crippen molar-refractivity contribution in [2.45, 2.75) is 25.7 Å². The largest absolute Gasteiger partial charge is 0.462 e. The fourth-order valence-corrected chi connectivity index (χ4v) is 2.01. The van der Waals surface area contributed by atoms with Crippen LogP contribution >= 0.6 is 0 Å². The maximum Gasteiger partial charge on any atom is 0.334 e. The van der Waals surface area contributed by atoms with E-state index in [2.05, 4.69) is 0 Å². The molecule has 0 radical (unpaired) electrons. The van der Waals surface area contributed by atoms with Crippen LogP contribution in [0.4, 0.5) is 4.39 Å². The highest BCUT2D eigenvalue weighted by Crippen LogP contribution is 2.17. The van der Waals surface area contributed by atoms with Crippen molar-refractivity contribution in [2.75, 3.05) is 19.7 Å². The van der Waals surface area contributed by atoms with Gasteiger partial charge in [0, 0.05) is 31.3 Å². The quantitative estimate of drug-likeness (QED) is 0.532. The molecule has 0 atom stereocenters. The lowest BCUT2D eigenvalue weighted by Gasteiger charge is -2.24. The van der Waals surface area contributed by atoms with Crippen molar-refractivity contribution in [3.8, 4) is 0 Å². The van der Waals surface area contributed by atoms with Crippen LogP contribution in [0.3, 0.4) is 0 Å². The number of halogens is 1. The summed E-state index contributed by atoms with van der Waals surface area (Å²) in [6, 6.07) is 0. The molecule has 2 saturated heterocycles. The minimum Gasteiger partial charge on any atom is -0.462 e. The van der Waals surface area contributed by atoms with Crippen molar-refractivity contribution in [1.82, 2.24) is 4.90 Å². The van der Waals surface area contributed by atoms with E-state index in [1.165, 1.54) is 18.7 Å². The molecule has 0 aliphatic carbocycles. The molecule has 88 valence electrons. The Morgan fingerprint density at radius 3 is 2.69 bits per heavy atom. The summed E-state index contributed by atoms with van der Waals surface area (Å²) in [5.41, 5.74) is 0.436. The Morgan fingerprint density at radius 1 is 1.31 bits per heavy atom. The topological polar surface area (TPSA) is 29.5 Å². The number of esters is 1. The van der Waals surface area contributed by atoms with Crippen molar-refractivity contribution in [2.24, 2.45) is 0 Å². The molecule has 0 saturated carbocycles. The summed E-state index contributed by atoms with van der Waals surface area (Å²) in [5, 5.41) is 0. The van der Waals surface area contributed by atoms with Crippen molar-refractivity contribution < 1.29 is 13.9 Å². The Labute approximate surface area is 94.6 Å². The van der Waals surface area contributed by atoms with Gasteiger partial charge in [0.25, 0.3) is 0 Å². The Kier molecular flexibility index (Phi) is 3.59. The Hall–Kier alpha value is -1.32. The van der Waals surface area contributed by atoms with E-state index in [1.54, 1.807) is 0 Å². The molecule has 3 nitrogen and oxygen atoms in total. The van der Waals surface area contributed by atoms with Gasteiger partial charge in [-0.15, -0.1) is 0 Å². The number of carbonyl (C=O) groups excluding carboxylic acids is 1. The SMILES string of the molecule is O=C1OCC/C1=C/C(F)=C\N1CCCCC1. The maximum atomic E-state index is 13.5. The standard InChI is InChI=1S/C12H16FNO2/c13-11(8-10-4-7-16-12(10)15)9-14-5-2-1-3-6-14/h8-9H,1-7H2/b10-8-,11-9+. The van der Waals surface area contributed by atoms with E-state index in [1.807, 2.05) is 4.90 Å². The highest BCUT2D eigenvalue weighted by atomic mass is 19.1. The Morgan fingerprint density at radius 2 is 2.06 bits per heavy atom. The predicted octanol–water partition coefficient (Wildman–Crippen LogP) is 2.16. The van der Waals surface area contributed by atoms with Crippen molar-refractivity contribution >= 4 is 5.97 Å². The number of likely N-dealkylation sites (tertiary alicyclic amines) is 1. The summed E-state index contributed by atoms with van der Waals surface area (Å²) in [6.45, 7) is 2.18. The van der Waals surface area contributed by atoms with Crippen molar-refractivity contribution in [1.29, 1.82) is 0 Å². The zero-order valence-corrected chi connectivity index (χ0v) is 9.25. The van der Waals surface area contributed by atoms with Crippen LogP contribution < -0.4 is 0 Å². The van der Waals surface area contributed by atoms with E-state index < -0.39 is 0 Å². The molecule has 16 heavy (non-hydrogen) atoms. The molecule has 2 aliphatic rings. The molecule has 0 aromatic carbocycles. The monoisotopic (exact) mass is 225 g/mol. The lowest BCUT2D eigenvalue weighted by atomic mass is 10.1. The van der Waals surface area contributed by atoms with Gasteiger partial charge in [-0.3, -0.25) is 0 Å². The normalized spacial score (nSPS) is 25.1. The summed E-state index contributed by atoms with van der Waals surface area (Å²) >= 11 is 0. The molecule has 0 spiro atoms. The number of hydrogen-bond donors (Lipinski definition) is 0. The second-order valence-electron chi connectivity index (χ2n) is 4.17. The first-order valence-corrected chi connectivity index (χ1v) is 5.75. The molecule has 2 aliphatic heterocycles. The van der Waals surface area contributed by atoms with Crippen molar-refractivity contribution in [3.63, 3.8) is 0 Å². The molecule has 0 unspecified atom stereocenters. The highest BCUT2D eigenvalue weighted by molar-refractivity contribution is 5.90. The molecule has 4 heteroatoms. The minimum absolute atomic E-state index is 0.351. The minimum atomic E-state index is -0.387. The zero-order chi connectivity index (χ0) is 11.4. The summed E-state index contributed by atoms with van der Waals surface area (Å²) in [6.07, 6.45) is 6.76. The maximum absolute atomic E-state index is 13.5. The third-order valence-corrected chi connectivity index (χ3v) is 2.88. The number of rotatable bonds is 2. The summed E-state index contributed by atoms with van der Waals surface area (Å²) in [4.78, 5) is 13.1. The van der Waals surface area contributed by atoms with Crippen LogP contribution in [0.1, 0.15) is 25.7 Å². The molecule has 0 N–H and O–H groups in total. The first-order valence-electron chi connectivity index (χ1n) is 5.75. The third-order valence-electron chi connectivity index (χ3n) is 2.88. The second kappa shape index (κ2) is 5.14. The molecule has 0 amide bonds. The number of piperidine rings is 1.